The number of hydroxylamine groups is 3. The Morgan fingerprint density at radius 2 is 2.03 bits per heavy atom. The lowest BCUT2D eigenvalue weighted by atomic mass is 10.1. The number of aliphatic imine (C=N–C) groups is 1. The number of aromatic nitrogens is 1. The predicted molar refractivity (Wildman–Crippen MR) is 147 cm³/mol. The Hall–Kier alpha value is -2.89. The first-order chi connectivity index (χ1) is 18.1. The van der Waals surface area contributed by atoms with E-state index in [1.165, 1.54) is 0 Å². The second-order valence-corrected chi connectivity index (χ2v) is 11.8. The van der Waals surface area contributed by atoms with Crippen LogP contribution < -0.4 is 15.5 Å². The molecule has 3 atom stereocenters. The Balaban J connectivity index is 1.22. The van der Waals surface area contributed by atoms with Gasteiger partial charge in [-0.3, -0.25) is 5.32 Å². The van der Waals surface area contributed by atoms with Crippen molar-refractivity contribution in [3.05, 3.63) is 40.9 Å². The number of nitrogens with one attached hydrogen (secondary N) is 2. The maximum Gasteiger partial charge on any atom is 0.410 e. The zero-order valence-electron chi connectivity index (χ0n) is 23.2. The number of anilines is 1. The lowest BCUT2D eigenvalue weighted by Crippen LogP contribution is -2.50. The average molecular weight is 527 g/mol. The predicted octanol–water partition coefficient (Wildman–Crippen LogP) is 2.21. The van der Waals surface area contributed by atoms with Crippen LogP contribution in [0, 0.1) is 5.21 Å². The van der Waals surface area contributed by atoms with Crippen molar-refractivity contribution in [3.8, 4) is 0 Å². The number of hydrogen-bond acceptors (Lipinski definition) is 9. The molecule has 4 aliphatic rings. The Kier molecular flexibility index (Phi) is 7.52. The molecule has 208 valence electrons. The van der Waals surface area contributed by atoms with Crippen LogP contribution >= 0.6 is 0 Å². The van der Waals surface area contributed by atoms with E-state index in [9.17, 15) is 10.0 Å². The van der Waals surface area contributed by atoms with Gasteiger partial charge in [-0.1, -0.05) is 6.92 Å². The standard InChI is InChI=1S/C27H42N8O3/c1-5-28-25-30-16-21-18-35(37,19-22-7-6-10-34(22)24(21)31-25)17-20-8-9-23(29-15-20)32-11-13-33(14-12-32)26(36)38-27(2,3)4/h8-9,15-16,22,25,28,30H,5-7,10-14,17-19H2,1-4H3/t22?,25-,35?/m0/s1. The number of fused-ring (bicyclic) bond motifs is 3. The van der Waals surface area contributed by atoms with Gasteiger partial charge in [0, 0.05) is 50.7 Å². The van der Waals surface area contributed by atoms with Crippen LogP contribution in [0.25, 0.3) is 0 Å². The van der Waals surface area contributed by atoms with Crippen LogP contribution in [0.4, 0.5) is 10.6 Å². The fraction of sp³-hybridized carbons (Fsp3) is 0.667. The Morgan fingerprint density at radius 1 is 1.24 bits per heavy atom. The monoisotopic (exact) mass is 526 g/mol. The quantitative estimate of drug-likeness (QED) is 0.444. The molecular weight excluding hydrogens is 484 g/mol. The van der Waals surface area contributed by atoms with Crippen molar-refractivity contribution in [2.75, 3.05) is 57.3 Å². The molecule has 0 spiro atoms. The van der Waals surface area contributed by atoms with Crippen molar-refractivity contribution < 1.29 is 14.2 Å². The van der Waals surface area contributed by atoms with E-state index >= 15 is 0 Å². The van der Waals surface area contributed by atoms with Gasteiger partial charge in [0.1, 0.15) is 30.3 Å². The van der Waals surface area contributed by atoms with Gasteiger partial charge in [0.25, 0.3) is 0 Å². The molecule has 2 N–H and O–H groups in total. The van der Waals surface area contributed by atoms with Crippen LogP contribution in [-0.4, -0.2) is 102 Å². The van der Waals surface area contributed by atoms with E-state index < -0.39 is 5.60 Å². The number of nitrogens with zero attached hydrogens (tertiary/aromatic N) is 6. The molecule has 3 fully saturated rings. The Bertz CT molecular complexity index is 1060. The number of piperazine rings is 1. The molecule has 1 amide bonds. The highest BCUT2D eigenvalue weighted by molar-refractivity contribution is 5.99. The number of amidine groups is 1. The number of hydrogen-bond donors (Lipinski definition) is 2. The van der Waals surface area contributed by atoms with E-state index in [2.05, 4.69) is 27.4 Å². The van der Waals surface area contributed by atoms with E-state index in [-0.39, 0.29) is 23.1 Å². The van der Waals surface area contributed by atoms with Gasteiger partial charge in [-0.25, -0.2) is 14.8 Å². The largest absolute Gasteiger partial charge is 0.632 e. The first kappa shape index (κ1) is 26.7. The van der Waals surface area contributed by atoms with Crippen molar-refractivity contribution in [3.63, 3.8) is 0 Å². The minimum atomic E-state index is -0.497. The van der Waals surface area contributed by atoms with Crippen LogP contribution in [0.2, 0.25) is 0 Å². The first-order valence-electron chi connectivity index (χ1n) is 13.9. The second-order valence-electron chi connectivity index (χ2n) is 11.8. The SMILES string of the molecule is CCN[C@@H]1N=C2C(=CN1)C[N+]([O-])(Cc1ccc(N3CCN(C(=O)OC(C)(C)C)CC3)nc1)CC1CCCN21. The van der Waals surface area contributed by atoms with E-state index in [4.69, 9.17) is 14.7 Å². The second kappa shape index (κ2) is 10.7. The highest BCUT2D eigenvalue weighted by Gasteiger charge is 2.40. The van der Waals surface area contributed by atoms with Gasteiger partial charge < -0.3 is 34.6 Å². The lowest BCUT2D eigenvalue weighted by molar-refractivity contribution is -0.889. The zero-order chi connectivity index (χ0) is 26.9. The normalized spacial score (nSPS) is 27.6. The fourth-order valence-corrected chi connectivity index (χ4v) is 5.82. The summed E-state index contributed by atoms with van der Waals surface area (Å²) in [4.78, 5) is 28.3. The summed E-state index contributed by atoms with van der Waals surface area (Å²) < 4.78 is 5.19. The molecule has 11 nitrogen and oxygen atoms in total. The zero-order valence-corrected chi connectivity index (χ0v) is 23.2. The number of carbonyl (C=O) groups is 1. The van der Waals surface area contributed by atoms with Crippen molar-refractivity contribution in [1.29, 1.82) is 0 Å². The minimum Gasteiger partial charge on any atom is -0.632 e. The Morgan fingerprint density at radius 3 is 2.71 bits per heavy atom. The van der Waals surface area contributed by atoms with E-state index in [0.717, 1.165) is 48.7 Å². The molecule has 1 aromatic heterocycles. The summed E-state index contributed by atoms with van der Waals surface area (Å²) in [5.74, 6) is 1.85. The number of rotatable bonds is 5. The maximum atomic E-state index is 14.2. The van der Waals surface area contributed by atoms with Gasteiger partial charge in [0.05, 0.1) is 18.2 Å². The van der Waals surface area contributed by atoms with Gasteiger partial charge in [0.15, 0.2) is 6.29 Å². The summed E-state index contributed by atoms with van der Waals surface area (Å²) in [7, 11) is 0. The number of quaternary nitrogens is 1. The Labute approximate surface area is 225 Å². The number of ether oxygens (including phenoxy) is 1. The number of carbonyl (C=O) groups excluding carboxylic acids is 1. The van der Waals surface area contributed by atoms with Gasteiger partial charge in [0.2, 0.25) is 0 Å². The third-order valence-corrected chi connectivity index (χ3v) is 7.54. The summed E-state index contributed by atoms with van der Waals surface area (Å²) in [6, 6.07) is 4.24. The van der Waals surface area contributed by atoms with Crippen LogP contribution in [0.3, 0.4) is 0 Å². The van der Waals surface area contributed by atoms with Crippen molar-refractivity contribution >= 4 is 17.7 Å². The molecule has 4 aliphatic heterocycles. The van der Waals surface area contributed by atoms with Gasteiger partial charge in [-0.15, -0.1) is 0 Å². The van der Waals surface area contributed by atoms with Crippen molar-refractivity contribution in [2.24, 2.45) is 4.99 Å². The van der Waals surface area contributed by atoms with Crippen LogP contribution in [-0.2, 0) is 11.3 Å². The summed E-state index contributed by atoms with van der Waals surface area (Å²) in [6.45, 7) is 13.4. The molecule has 3 saturated heterocycles. The average Bonchev–Trinajstić information content (AvgIpc) is 3.27. The summed E-state index contributed by atoms with van der Waals surface area (Å²) in [6.07, 6.45) is 5.54. The maximum absolute atomic E-state index is 14.2. The molecule has 1 aromatic rings. The van der Waals surface area contributed by atoms with Gasteiger partial charge in [-0.05, 0) is 52.3 Å². The summed E-state index contributed by atoms with van der Waals surface area (Å²) in [5, 5.41) is 20.8. The molecule has 5 rings (SSSR count). The lowest BCUT2D eigenvalue weighted by Gasteiger charge is -2.43. The van der Waals surface area contributed by atoms with E-state index in [1.54, 1.807) is 4.90 Å². The van der Waals surface area contributed by atoms with Gasteiger partial charge >= 0.3 is 6.09 Å². The number of pyridine rings is 1. The fourth-order valence-electron chi connectivity index (χ4n) is 5.82. The summed E-state index contributed by atoms with van der Waals surface area (Å²) >= 11 is 0. The summed E-state index contributed by atoms with van der Waals surface area (Å²) in [5.41, 5.74) is 1.44. The highest BCUT2D eigenvalue weighted by atomic mass is 16.6. The van der Waals surface area contributed by atoms with Crippen molar-refractivity contribution in [1.82, 2.24) is 25.4 Å². The third kappa shape index (κ3) is 6.05. The van der Waals surface area contributed by atoms with Crippen LogP contribution in [0.1, 0.15) is 46.1 Å². The minimum absolute atomic E-state index is 0.144. The van der Waals surface area contributed by atoms with Crippen LogP contribution in [0.5, 0.6) is 0 Å². The number of amides is 1. The molecule has 5 heterocycles. The first-order valence-corrected chi connectivity index (χ1v) is 13.9. The molecule has 2 unspecified atom stereocenters. The molecule has 0 bridgehead atoms. The topological polar surface area (TPSA) is 108 Å². The van der Waals surface area contributed by atoms with Crippen molar-refractivity contribution in [2.45, 2.75) is 65.0 Å². The molecule has 38 heavy (non-hydrogen) atoms. The van der Waals surface area contributed by atoms with E-state index in [1.807, 2.05) is 45.3 Å². The molecule has 0 saturated carbocycles. The smallest absolute Gasteiger partial charge is 0.410 e. The molecule has 11 heteroatoms. The van der Waals surface area contributed by atoms with E-state index in [0.29, 0.717) is 45.8 Å². The molecule has 0 radical (unpaired) electrons. The molecule has 0 aliphatic carbocycles. The molecule has 0 aromatic carbocycles. The third-order valence-electron chi connectivity index (χ3n) is 7.54. The molecular formula is C27H42N8O3. The van der Waals surface area contributed by atoms with Crippen LogP contribution in [0.15, 0.2) is 35.1 Å². The van der Waals surface area contributed by atoms with Gasteiger partial charge in [-0.2, -0.15) is 0 Å². The highest BCUT2D eigenvalue weighted by Crippen LogP contribution is 2.31.